The minimum Gasteiger partial charge on any atom is -0.369 e. The predicted molar refractivity (Wildman–Crippen MR) is 77.9 cm³/mol. The fourth-order valence-electron chi connectivity index (χ4n) is 2.43. The summed E-state index contributed by atoms with van der Waals surface area (Å²) in [5, 5.41) is 3.39. The molecule has 0 bridgehead atoms. The Bertz CT molecular complexity index is 402. The quantitative estimate of drug-likeness (QED) is 0.529. The van der Waals surface area contributed by atoms with Crippen LogP contribution in [0.1, 0.15) is 25.3 Å². The Labute approximate surface area is 114 Å². The molecule has 1 aromatic heterocycles. The van der Waals surface area contributed by atoms with Gasteiger partial charge < -0.3 is 10.2 Å². The van der Waals surface area contributed by atoms with Crippen molar-refractivity contribution in [1.82, 2.24) is 14.9 Å². The van der Waals surface area contributed by atoms with Crippen molar-refractivity contribution in [3.63, 3.8) is 0 Å². The second-order valence-corrected chi connectivity index (χ2v) is 5.36. The van der Waals surface area contributed by atoms with Crippen molar-refractivity contribution in [3.8, 4) is 0 Å². The third kappa shape index (κ3) is 4.04. The Morgan fingerprint density at radius 1 is 1.42 bits per heavy atom. The summed E-state index contributed by atoms with van der Waals surface area (Å²) in [5.74, 6) is 7.23. The highest BCUT2D eigenvalue weighted by Gasteiger charge is 2.14. The maximum atomic E-state index is 5.32. The second kappa shape index (κ2) is 6.68. The highest BCUT2D eigenvalue weighted by Crippen LogP contribution is 2.14. The summed E-state index contributed by atoms with van der Waals surface area (Å²) in [5.41, 5.74) is 3.51. The largest absolute Gasteiger partial charge is 0.369 e. The van der Waals surface area contributed by atoms with Gasteiger partial charge in [-0.15, -0.1) is 0 Å². The smallest absolute Gasteiger partial charge is 0.239 e. The second-order valence-electron chi connectivity index (χ2n) is 5.36. The van der Waals surface area contributed by atoms with E-state index in [0.29, 0.717) is 11.9 Å². The van der Waals surface area contributed by atoms with Gasteiger partial charge in [0, 0.05) is 24.8 Å². The molecule has 106 valence electrons. The highest BCUT2D eigenvalue weighted by atomic mass is 15.3. The molecule has 0 saturated carbocycles. The number of anilines is 2. The third-order valence-corrected chi connectivity index (χ3v) is 3.49. The minimum absolute atomic E-state index is 0.445. The van der Waals surface area contributed by atoms with Crippen molar-refractivity contribution < 1.29 is 0 Å². The molecule has 1 aromatic rings. The van der Waals surface area contributed by atoms with Gasteiger partial charge in [0.1, 0.15) is 5.82 Å². The van der Waals surface area contributed by atoms with Crippen LogP contribution in [-0.4, -0.2) is 41.0 Å². The van der Waals surface area contributed by atoms with Crippen molar-refractivity contribution in [2.45, 2.75) is 26.7 Å². The molecule has 6 nitrogen and oxygen atoms in total. The van der Waals surface area contributed by atoms with Gasteiger partial charge in [-0.05, 0) is 38.8 Å². The molecule has 1 unspecified atom stereocenters. The van der Waals surface area contributed by atoms with Crippen LogP contribution >= 0.6 is 0 Å². The number of rotatable bonds is 6. The molecule has 1 atom stereocenters. The maximum absolute atomic E-state index is 5.32. The Morgan fingerprint density at radius 2 is 2.16 bits per heavy atom. The van der Waals surface area contributed by atoms with Crippen molar-refractivity contribution in [1.29, 1.82) is 0 Å². The third-order valence-electron chi connectivity index (χ3n) is 3.49. The number of hydrogen-bond donors (Lipinski definition) is 3. The van der Waals surface area contributed by atoms with E-state index in [4.69, 9.17) is 5.84 Å². The molecule has 0 amide bonds. The number of nitrogens with zero attached hydrogens (tertiary/aromatic N) is 3. The van der Waals surface area contributed by atoms with Gasteiger partial charge in [-0.3, -0.25) is 5.43 Å². The maximum Gasteiger partial charge on any atom is 0.239 e. The van der Waals surface area contributed by atoms with Gasteiger partial charge in [-0.25, -0.2) is 10.8 Å². The summed E-state index contributed by atoms with van der Waals surface area (Å²) >= 11 is 0. The zero-order valence-electron chi connectivity index (χ0n) is 11.8. The fourth-order valence-corrected chi connectivity index (χ4v) is 2.43. The van der Waals surface area contributed by atoms with E-state index in [2.05, 4.69) is 32.5 Å². The predicted octanol–water partition coefficient (Wildman–Crippen LogP) is 1.21. The summed E-state index contributed by atoms with van der Waals surface area (Å²) in [7, 11) is 0. The van der Waals surface area contributed by atoms with Crippen LogP contribution in [0.25, 0.3) is 0 Å². The van der Waals surface area contributed by atoms with E-state index in [-0.39, 0.29) is 0 Å². The topological polar surface area (TPSA) is 79.1 Å². The van der Waals surface area contributed by atoms with Crippen LogP contribution in [0.2, 0.25) is 0 Å². The number of hydrogen-bond acceptors (Lipinski definition) is 6. The zero-order chi connectivity index (χ0) is 13.7. The van der Waals surface area contributed by atoms with Crippen LogP contribution in [0.5, 0.6) is 0 Å². The van der Waals surface area contributed by atoms with E-state index in [9.17, 15) is 0 Å². The Kier molecular flexibility index (Phi) is 4.93. The number of nitrogen functional groups attached to an aromatic ring is 1. The van der Waals surface area contributed by atoms with Crippen LogP contribution in [0, 0.1) is 12.8 Å². The molecule has 0 spiro atoms. The van der Waals surface area contributed by atoms with Gasteiger partial charge in [-0.2, -0.15) is 4.98 Å². The Balaban J connectivity index is 1.83. The van der Waals surface area contributed by atoms with Gasteiger partial charge in [0.25, 0.3) is 0 Å². The van der Waals surface area contributed by atoms with E-state index in [1.807, 2.05) is 6.92 Å². The first-order valence-electron chi connectivity index (χ1n) is 6.95. The zero-order valence-corrected chi connectivity index (χ0v) is 11.8. The van der Waals surface area contributed by atoms with Gasteiger partial charge in [0.2, 0.25) is 5.95 Å². The molecule has 19 heavy (non-hydrogen) atoms. The molecule has 6 heteroatoms. The summed E-state index contributed by atoms with van der Waals surface area (Å²) in [4.78, 5) is 10.9. The van der Waals surface area contributed by atoms with Gasteiger partial charge >= 0.3 is 0 Å². The summed E-state index contributed by atoms with van der Waals surface area (Å²) < 4.78 is 0. The molecule has 2 heterocycles. The number of aryl methyl sites for hydroxylation is 1. The van der Waals surface area contributed by atoms with E-state index in [1.165, 1.54) is 25.9 Å². The minimum atomic E-state index is 0.445. The first-order chi connectivity index (χ1) is 9.19. The van der Waals surface area contributed by atoms with Crippen LogP contribution in [0.4, 0.5) is 11.8 Å². The molecule has 1 aliphatic heterocycles. The summed E-state index contributed by atoms with van der Waals surface area (Å²) in [6, 6.07) is 0. The molecule has 0 radical (unpaired) electrons. The highest BCUT2D eigenvalue weighted by molar-refractivity contribution is 5.45. The lowest BCUT2D eigenvalue weighted by Gasteiger charge is -2.21. The average molecular weight is 264 g/mol. The molecule has 0 aromatic carbocycles. The number of likely N-dealkylation sites (tertiary alicyclic amines) is 1. The molecule has 1 aliphatic rings. The molecule has 4 N–H and O–H groups in total. The standard InChI is InChI=1S/C13H24N6/c1-10(9-19-5-3-4-6-19)7-15-12-11(2)8-16-13(17-12)18-14/h8,10H,3-7,9,14H2,1-2H3,(H2,15,16,17,18). The van der Waals surface area contributed by atoms with E-state index < -0.39 is 0 Å². The molecular weight excluding hydrogens is 240 g/mol. The molecular formula is C13H24N6. The average Bonchev–Trinajstić information content (AvgIpc) is 2.90. The first-order valence-corrected chi connectivity index (χ1v) is 6.95. The summed E-state index contributed by atoms with van der Waals surface area (Å²) in [6.07, 6.45) is 4.46. The van der Waals surface area contributed by atoms with Gasteiger partial charge in [-0.1, -0.05) is 6.92 Å². The van der Waals surface area contributed by atoms with Crippen LogP contribution in [-0.2, 0) is 0 Å². The lowest BCUT2D eigenvalue weighted by atomic mass is 10.1. The molecule has 0 aliphatic carbocycles. The molecule has 1 fully saturated rings. The van der Waals surface area contributed by atoms with E-state index in [0.717, 1.165) is 24.5 Å². The number of hydrazine groups is 1. The van der Waals surface area contributed by atoms with Crippen LogP contribution in [0.3, 0.4) is 0 Å². The fraction of sp³-hybridized carbons (Fsp3) is 0.692. The Morgan fingerprint density at radius 3 is 2.84 bits per heavy atom. The molecule has 1 saturated heterocycles. The van der Waals surface area contributed by atoms with Crippen molar-refractivity contribution in [2.24, 2.45) is 11.8 Å². The van der Waals surface area contributed by atoms with Crippen LogP contribution in [0.15, 0.2) is 6.20 Å². The SMILES string of the molecule is Cc1cnc(NN)nc1NCC(C)CN1CCCC1. The number of nitrogens with one attached hydrogen (secondary N) is 2. The van der Waals surface area contributed by atoms with Crippen molar-refractivity contribution >= 4 is 11.8 Å². The van der Waals surface area contributed by atoms with Gasteiger partial charge in [0.15, 0.2) is 0 Å². The van der Waals surface area contributed by atoms with Crippen molar-refractivity contribution in [2.75, 3.05) is 36.9 Å². The lowest BCUT2D eigenvalue weighted by molar-refractivity contribution is 0.294. The number of aromatic nitrogens is 2. The van der Waals surface area contributed by atoms with Gasteiger partial charge in [0.05, 0.1) is 0 Å². The molecule has 2 rings (SSSR count). The van der Waals surface area contributed by atoms with E-state index >= 15 is 0 Å². The first kappa shape index (κ1) is 14.0. The Hall–Kier alpha value is -1.40. The van der Waals surface area contributed by atoms with E-state index in [1.54, 1.807) is 6.20 Å². The van der Waals surface area contributed by atoms with Crippen molar-refractivity contribution in [3.05, 3.63) is 11.8 Å². The lowest BCUT2D eigenvalue weighted by Crippen LogP contribution is -2.29. The van der Waals surface area contributed by atoms with Crippen LogP contribution < -0.4 is 16.6 Å². The monoisotopic (exact) mass is 264 g/mol. The summed E-state index contributed by atoms with van der Waals surface area (Å²) in [6.45, 7) is 8.82. The number of nitrogens with two attached hydrogens (primary N) is 1. The normalized spacial score (nSPS) is 17.4.